The predicted octanol–water partition coefficient (Wildman–Crippen LogP) is 5.68. The summed E-state index contributed by atoms with van der Waals surface area (Å²) in [7, 11) is -2.60. The number of benzene rings is 2. The van der Waals surface area contributed by atoms with Crippen LogP contribution >= 0.6 is 11.3 Å². The van der Waals surface area contributed by atoms with Crippen LogP contribution in [0.15, 0.2) is 65.6 Å². The molecule has 2 aromatic heterocycles. The highest BCUT2D eigenvalue weighted by atomic mass is 32.2. The third-order valence-electron chi connectivity index (χ3n) is 9.95. The van der Waals surface area contributed by atoms with Crippen LogP contribution in [0.1, 0.15) is 60.8 Å². The summed E-state index contributed by atoms with van der Waals surface area (Å²) in [6.07, 6.45) is 1.58. The van der Waals surface area contributed by atoms with E-state index in [1.165, 1.54) is 23.3 Å². The molecule has 0 radical (unpaired) electrons. The zero-order valence-corrected chi connectivity index (χ0v) is 31.3. The molecule has 1 saturated carbocycles. The van der Waals surface area contributed by atoms with Crippen molar-refractivity contribution < 1.29 is 27.5 Å². The van der Waals surface area contributed by atoms with Gasteiger partial charge in [0.05, 0.1) is 33.1 Å². The minimum absolute atomic E-state index is 0.0318. The second kappa shape index (κ2) is 13.6. The Balaban J connectivity index is 1.09. The average molecular weight is 744 g/mol. The van der Waals surface area contributed by atoms with Crippen LogP contribution in [0.25, 0.3) is 10.4 Å². The number of amides is 3. The molecule has 2 aromatic carbocycles. The number of rotatable bonds is 10. The van der Waals surface area contributed by atoms with Crippen LogP contribution in [0.4, 0.5) is 21.6 Å². The molecule has 272 valence electrons. The first-order valence-electron chi connectivity index (χ1n) is 17.2. The molecule has 4 heterocycles. The highest BCUT2D eigenvalue weighted by Gasteiger charge is 2.43. The quantitative estimate of drug-likeness (QED) is 0.209. The predicted molar refractivity (Wildman–Crippen MR) is 198 cm³/mol. The molecule has 3 aliphatic rings. The van der Waals surface area contributed by atoms with E-state index in [9.17, 15) is 22.8 Å². The van der Waals surface area contributed by atoms with E-state index in [0.29, 0.717) is 46.1 Å². The van der Waals surface area contributed by atoms with Gasteiger partial charge in [-0.3, -0.25) is 19.4 Å². The summed E-state index contributed by atoms with van der Waals surface area (Å²) in [5.74, 6) is 0.769. The standard InChI is InChI=1S/C37H41N7O6S2/c1-22-33(26-16-27-18-42(23(2)25-14-15-25)34(46)32(27)28(17-26)52(48,49)38-5)51-35(39-22)41-29-12-9-13-30(40-29)43-21-37(3,4)44(19-31(43)45)36(47)50-20-24-10-7-6-8-11-24/h6-13,16-17,23,25,38H,14-15,18-21H2,1-5H3,(H,39,40,41). The van der Waals surface area contributed by atoms with E-state index in [4.69, 9.17) is 14.7 Å². The molecule has 15 heteroatoms. The van der Waals surface area contributed by atoms with Crippen molar-refractivity contribution in [2.24, 2.45) is 5.92 Å². The van der Waals surface area contributed by atoms with E-state index in [-0.39, 0.29) is 48.0 Å². The molecule has 4 aromatic rings. The van der Waals surface area contributed by atoms with Gasteiger partial charge in [-0.15, -0.1) is 0 Å². The number of thiazole rings is 1. The van der Waals surface area contributed by atoms with Gasteiger partial charge in [-0.25, -0.2) is 27.9 Å². The second-order valence-corrected chi connectivity index (χ2v) is 16.9. The molecule has 1 saturated heterocycles. The molecule has 7 rings (SSSR count). The van der Waals surface area contributed by atoms with Crippen LogP contribution in [0.2, 0.25) is 0 Å². The number of pyridine rings is 1. The second-order valence-electron chi connectivity index (χ2n) is 14.1. The van der Waals surface area contributed by atoms with E-state index in [0.717, 1.165) is 23.3 Å². The number of carbonyl (C=O) groups excluding carboxylic acids is 3. The first kappa shape index (κ1) is 35.5. The summed E-state index contributed by atoms with van der Waals surface area (Å²) in [4.78, 5) is 54.9. The minimum atomic E-state index is -3.95. The fraction of sp³-hybridized carbons (Fsp3) is 0.378. The summed E-state index contributed by atoms with van der Waals surface area (Å²) in [5, 5.41) is 3.77. The van der Waals surface area contributed by atoms with Gasteiger partial charge in [-0.1, -0.05) is 47.7 Å². The molecule has 0 bridgehead atoms. The van der Waals surface area contributed by atoms with Gasteiger partial charge in [0, 0.05) is 12.6 Å². The summed E-state index contributed by atoms with van der Waals surface area (Å²) < 4.78 is 34.4. The molecule has 2 fully saturated rings. The summed E-state index contributed by atoms with van der Waals surface area (Å²) >= 11 is 1.34. The molecule has 1 atom stereocenters. The van der Waals surface area contributed by atoms with Gasteiger partial charge in [0.15, 0.2) is 5.13 Å². The molecule has 1 aliphatic carbocycles. The maximum absolute atomic E-state index is 13.6. The third kappa shape index (κ3) is 6.87. The number of nitrogens with one attached hydrogen (secondary N) is 2. The van der Waals surface area contributed by atoms with Crippen LogP contribution in [0, 0.1) is 12.8 Å². The van der Waals surface area contributed by atoms with Crippen molar-refractivity contribution in [3.05, 3.63) is 83.0 Å². The normalized spacial score (nSPS) is 17.7. The Labute approximate surface area is 307 Å². The number of hydrogen-bond acceptors (Lipinski definition) is 10. The van der Waals surface area contributed by atoms with Gasteiger partial charge < -0.3 is 15.0 Å². The largest absolute Gasteiger partial charge is 0.445 e. The lowest BCUT2D eigenvalue weighted by molar-refractivity contribution is -0.123. The summed E-state index contributed by atoms with van der Waals surface area (Å²) in [5.41, 5.74) is 2.36. The van der Waals surface area contributed by atoms with Gasteiger partial charge in [0.1, 0.15) is 24.8 Å². The number of sulfonamides is 1. The SMILES string of the molecule is CNS(=O)(=O)c1cc(-c2sc(Nc3cccc(N4CC(C)(C)N(C(=O)OCc5ccccc5)CC4=O)n3)nc2C)cc2c1C(=O)N(C(C)C1CC1)C2. The molecule has 52 heavy (non-hydrogen) atoms. The Hall–Kier alpha value is -4.86. The average Bonchev–Trinajstić information content (AvgIpc) is 3.84. The molecule has 3 amide bonds. The number of fused-ring (bicyclic) bond motifs is 1. The van der Waals surface area contributed by atoms with Crippen molar-refractivity contribution in [2.75, 3.05) is 30.4 Å². The smallest absolute Gasteiger partial charge is 0.411 e. The number of aryl methyl sites for hydroxylation is 1. The number of aromatic nitrogens is 2. The van der Waals surface area contributed by atoms with Crippen molar-refractivity contribution in [2.45, 2.75) is 70.2 Å². The zero-order chi connectivity index (χ0) is 36.9. The fourth-order valence-electron chi connectivity index (χ4n) is 6.84. The number of ether oxygens (including phenoxy) is 1. The van der Waals surface area contributed by atoms with E-state index >= 15 is 0 Å². The van der Waals surface area contributed by atoms with Gasteiger partial charge in [-0.05, 0) is 94.5 Å². The van der Waals surface area contributed by atoms with Gasteiger partial charge in [0.25, 0.3) is 5.91 Å². The number of piperazine rings is 1. The van der Waals surface area contributed by atoms with E-state index < -0.39 is 21.7 Å². The lowest BCUT2D eigenvalue weighted by atomic mass is 9.99. The molecular weight excluding hydrogens is 703 g/mol. The number of anilines is 3. The third-order valence-corrected chi connectivity index (χ3v) is 12.5. The van der Waals surface area contributed by atoms with Crippen molar-refractivity contribution in [1.82, 2.24) is 24.5 Å². The number of nitrogens with zero attached hydrogens (tertiary/aromatic N) is 5. The Bertz CT molecular complexity index is 2170. The van der Waals surface area contributed by atoms with Crippen molar-refractivity contribution >= 4 is 56.0 Å². The van der Waals surface area contributed by atoms with E-state index in [1.54, 1.807) is 34.1 Å². The molecular formula is C37H41N7O6S2. The Morgan fingerprint density at radius 2 is 1.81 bits per heavy atom. The lowest BCUT2D eigenvalue weighted by Gasteiger charge is -2.45. The van der Waals surface area contributed by atoms with Gasteiger partial charge in [-0.2, -0.15) is 0 Å². The van der Waals surface area contributed by atoms with E-state index in [2.05, 4.69) is 10.0 Å². The van der Waals surface area contributed by atoms with Crippen molar-refractivity contribution in [3.63, 3.8) is 0 Å². The van der Waals surface area contributed by atoms with Crippen molar-refractivity contribution in [1.29, 1.82) is 0 Å². The molecule has 0 spiro atoms. The highest BCUT2D eigenvalue weighted by Crippen LogP contribution is 2.42. The van der Waals surface area contributed by atoms with Crippen LogP contribution < -0.4 is 14.9 Å². The van der Waals surface area contributed by atoms with Crippen LogP contribution in [0.5, 0.6) is 0 Å². The Kier molecular flexibility index (Phi) is 9.30. The first-order chi connectivity index (χ1) is 24.8. The summed E-state index contributed by atoms with van der Waals surface area (Å²) in [6.45, 7) is 8.14. The maximum atomic E-state index is 13.6. The zero-order valence-electron chi connectivity index (χ0n) is 29.7. The lowest BCUT2D eigenvalue weighted by Crippen LogP contribution is -2.63. The molecule has 1 unspecified atom stereocenters. The van der Waals surface area contributed by atoms with Crippen LogP contribution in [-0.4, -0.2) is 77.8 Å². The number of hydrogen-bond donors (Lipinski definition) is 2. The number of carbonyl (C=O) groups is 3. The van der Waals surface area contributed by atoms with Gasteiger partial charge >= 0.3 is 6.09 Å². The molecule has 2 N–H and O–H groups in total. The monoisotopic (exact) mass is 743 g/mol. The van der Waals surface area contributed by atoms with Crippen LogP contribution in [-0.2, 0) is 32.7 Å². The van der Waals surface area contributed by atoms with Gasteiger partial charge in [0.2, 0.25) is 15.9 Å². The maximum Gasteiger partial charge on any atom is 0.411 e. The topological polar surface area (TPSA) is 154 Å². The minimum Gasteiger partial charge on any atom is -0.445 e. The van der Waals surface area contributed by atoms with Crippen LogP contribution in [0.3, 0.4) is 0 Å². The van der Waals surface area contributed by atoms with Crippen molar-refractivity contribution in [3.8, 4) is 10.4 Å². The fourth-order valence-corrected chi connectivity index (χ4v) is 8.79. The molecule has 2 aliphatic heterocycles. The highest BCUT2D eigenvalue weighted by molar-refractivity contribution is 7.89. The Morgan fingerprint density at radius 3 is 2.52 bits per heavy atom. The molecule has 13 nitrogen and oxygen atoms in total. The summed E-state index contributed by atoms with van der Waals surface area (Å²) in [6, 6.07) is 18.1. The van der Waals surface area contributed by atoms with E-state index in [1.807, 2.05) is 64.1 Å². The first-order valence-corrected chi connectivity index (χ1v) is 19.5. The Morgan fingerprint density at radius 1 is 1.06 bits per heavy atom.